The number of rotatable bonds is 13. The summed E-state index contributed by atoms with van der Waals surface area (Å²) < 4.78 is 38.6. The molecule has 5 rings (SSSR count). The first-order chi connectivity index (χ1) is 22.3. The van der Waals surface area contributed by atoms with Crippen molar-refractivity contribution in [2.45, 2.75) is 37.4 Å². The monoisotopic (exact) mass is 641 g/mol. The Morgan fingerprint density at radius 1 is 0.826 bits per heavy atom. The second-order valence-corrected chi connectivity index (χ2v) is 13.1. The number of benzene rings is 4. The molecule has 1 heterocycles. The van der Waals surface area contributed by atoms with E-state index in [1.165, 1.54) is 28.6 Å². The molecule has 4 aromatic carbocycles. The van der Waals surface area contributed by atoms with Crippen molar-refractivity contribution in [3.8, 4) is 5.75 Å². The molecule has 10 heteroatoms. The van der Waals surface area contributed by atoms with E-state index in [-0.39, 0.29) is 29.9 Å². The Kier molecular flexibility index (Phi) is 11.2. The van der Waals surface area contributed by atoms with Gasteiger partial charge < -0.3 is 19.7 Å². The van der Waals surface area contributed by atoms with Gasteiger partial charge in [0.25, 0.3) is 5.91 Å². The fourth-order valence-corrected chi connectivity index (χ4v) is 6.63. The lowest BCUT2D eigenvalue weighted by Gasteiger charge is -2.31. The Morgan fingerprint density at radius 2 is 1.43 bits per heavy atom. The molecule has 1 N–H and O–H groups in total. The molecule has 0 unspecified atom stereocenters. The van der Waals surface area contributed by atoms with Gasteiger partial charge in [-0.2, -0.15) is 4.31 Å². The van der Waals surface area contributed by atoms with Crippen molar-refractivity contribution in [3.05, 3.63) is 131 Å². The molecule has 46 heavy (non-hydrogen) atoms. The highest BCUT2D eigenvalue weighted by molar-refractivity contribution is 7.89. The molecular formula is C36H39N3O6S. The molecule has 1 aliphatic rings. The van der Waals surface area contributed by atoms with Gasteiger partial charge in [0.05, 0.1) is 18.1 Å². The molecule has 0 aromatic heterocycles. The van der Waals surface area contributed by atoms with Gasteiger partial charge in [-0.25, -0.2) is 8.42 Å². The molecule has 0 saturated carbocycles. The van der Waals surface area contributed by atoms with Crippen LogP contribution in [0.4, 0.5) is 0 Å². The Balaban J connectivity index is 1.34. The van der Waals surface area contributed by atoms with Crippen molar-refractivity contribution >= 4 is 21.8 Å². The SMILES string of the molecule is Cc1ccc(CNC(=O)[C@H](Cc2ccccc2)N(Cc2ccccc2)C(=O)COc2ccc(S(=O)(=O)N3CCOCC3)cc2)cc1. The van der Waals surface area contributed by atoms with Crippen molar-refractivity contribution in [2.75, 3.05) is 32.9 Å². The Labute approximate surface area is 270 Å². The Bertz CT molecular complexity index is 1680. The van der Waals surface area contributed by atoms with Crippen LogP contribution in [0.3, 0.4) is 0 Å². The minimum Gasteiger partial charge on any atom is -0.484 e. The Hall–Kier alpha value is -4.51. The van der Waals surface area contributed by atoms with E-state index in [1.54, 1.807) is 4.90 Å². The lowest BCUT2D eigenvalue weighted by Crippen LogP contribution is -2.51. The number of nitrogens with one attached hydrogen (secondary N) is 1. The molecular weight excluding hydrogens is 602 g/mol. The minimum absolute atomic E-state index is 0.145. The number of carbonyl (C=O) groups excluding carboxylic acids is 2. The number of carbonyl (C=O) groups is 2. The third-order valence-corrected chi connectivity index (χ3v) is 9.76. The first-order valence-corrected chi connectivity index (χ1v) is 16.7. The summed E-state index contributed by atoms with van der Waals surface area (Å²) in [5, 5.41) is 3.04. The Morgan fingerprint density at radius 3 is 2.07 bits per heavy atom. The van der Waals surface area contributed by atoms with Crippen molar-refractivity contribution in [3.63, 3.8) is 0 Å². The molecule has 1 fully saturated rings. The average molecular weight is 642 g/mol. The second-order valence-electron chi connectivity index (χ2n) is 11.2. The summed E-state index contributed by atoms with van der Waals surface area (Å²) in [7, 11) is -3.66. The van der Waals surface area contributed by atoms with E-state index in [0.29, 0.717) is 45.0 Å². The first-order valence-electron chi connectivity index (χ1n) is 15.3. The lowest BCUT2D eigenvalue weighted by molar-refractivity contribution is -0.142. The highest BCUT2D eigenvalue weighted by atomic mass is 32.2. The van der Waals surface area contributed by atoms with Gasteiger partial charge in [0, 0.05) is 32.6 Å². The van der Waals surface area contributed by atoms with Crippen LogP contribution in [0.5, 0.6) is 5.75 Å². The van der Waals surface area contributed by atoms with Crippen LogP contribution in [0.25, 0.3) is 0 Å². The minimum atomic E-state index is -3.66. The van der Waals surface area contributed by atoms with E-state index in [2.05, 4.69) is 5.32 Å². The van der Waals surface area contributed by atoms with Gasteiger partial charge in [0.2, 0.25) is 15.9 Å². The quantitative estimate of drug-likeness (QED) is 0.233. The van der Waals surface area contributed by atoms with Crippen LogP contribution < -0.4 is 10.1 Å². The summed E-state index contributed by atoms with van der Waals surface area (Å²) in [4.78, 5) is 29.5. The maximum atomic E-state index is 13.9. The lowest BCUT2D eigenvalue weighted by atomic mass is 10.0. The largest absolute Gasteiger partial charge is 0.484 e. The molecule has 1 atom stereocenters. The van der Waals surface area contributed by atoms with Gasteiger partial charge in [0.1, 0.15) is 11.8 Å². The van der Waals surface area contributed by atoms with Gasteiger partial charge in [-0.05, 0) is 47.9 Å². The number of amides is 2. The molecule has 2 amide bonds. The van der Waals surface area contributed by atoms with Crippen LogP contribution >= 0.6 is 0 Å². The highest BCUT2D eigenvalue weighted by Gasteiger charge is 2.31. The summed E-state index contributed by atoms with van der Waals surface area (Å²) in [6.07, 6.45) is 0.313. The molecule has 240 valence electrons. The number of hydrogen-bond acceptors (Lipinski definition) is 6. The summed E-state index contributed by atoms with van der Waals surface area (Å²) >= 11 is 0. The number of morpholine rings is 1. The molecule has 0 bridgehead atoms. The van der Waals surface area contributed by atoms with E-state index >= 15 is 0 Å². The first kappa shape index (κ1) is 32.9. The van der Waals surface area contributed by atoms with E-state index in [4.69, 9.17) is 9.47 Å². The van der Waals surface area contributed by atoms with Crippen molar-refractivity contribution in [2.24, 2.45) is 0 Å². The molecule has 0 aliphatic carbocycles. The standard InChI is InChI=1S/C36H39N3O6S/c1-28-12-14-30(15-13-28)25-37-36(41)34(24-29-8-4-2-5-9-29)39(26-31-10-6-3-7-11-31)35(40)27-45-32-16-18-33(19-17-32)46(42,43)38-20-22-44-23-21-38/h2-19,34H,20-27H2,1H3,(H,37,41)/t34-/m0/s1. The van der Waals surface area contributed by atoms with Crippen molar-refractivity contribution < 1.29 is 27.5 Å². The van der Waals surface area contributed by atoms with Crippen LogP contribution in [-0.4, -0.2) is 68.4 Å². The van der Waals surface area contributed by atoms with E-state index in [1.807, 2.05) is 91.9 Å². The van der Waals surface area contributed by atoms with E-state index in [0.717, 1.165) is 22.3 Å². The number of ether oxygens (including phenoxy) is 2. The van der Waals surface area contributed by atoms with Gasteiger partial charge in [-0.1, -0.05) is 90.5 Å². The van der Waals surface area contributed by atoms with Crippen LogP contribution in [0, 0.1) is 6.92 Å². The average Bonchev–Trinajstić information content (AvgIpc) is 3.10. The molecule has 0 radical (unpaired) electrons. The second kappa shape index (κ2) is 15.7. The predicted octanol–water partition coefficient (Wildman–Crippen LogP) is 4.35. The van der Waals surface area contributed by atoms with E-state index in [9.17, 15) is 18.0 Å². The zero-order valence-electron chi connectivity index (χ0n) is 25.9. The fourth-order valence-electron chi connectivity index (χ4n) is 5.22. The van der Waals surface area contributed by atoms with Gasteiger partial charge in [0.15, 0.2) is 6.61 Å². The maximum Gasteiger partial charge on any atom is 0.261 e. The number of aryl methyl sites for hydroxylation is 1. The fraction of sp³-hybridized carbons (Fsp3) is 0.278. The van der Waals surface area contributed by atoms with E-state index < -0.39 is 16.1 Å². The molecule has 4 aromatic rings. The van der Waals surface area contributed by atoms with Crippen LogP contribution in [0.1, 0.15) is 22.3 Å². The summed E-state index contributed by atoms with van der Waals surface area (Å²) in [6, 6.07) is 32.3. The normalized spacial score (nSPS) is 14.3. The molecule has 1 aliphatic heterocycles. The van der Waals surface area contributed by atoms with Crippen molar-refractivity contribution in [1.29, 1.82) is 0 Å². The van der Waals surface area contributed by atoms with Gasteiger partial charge in [-0.15, -0.1) is 0 Å². The third-order valence-electron chi connectivity index (χ3n) is 7.85. The molecule has 9 nitrogen and oxygen atoms in total. The van der Waals surface area contributed by atoms with Crippen LogP contribution in [-0.2, 0) is 43.9 Å². The number of hydrogen-bond donors (Lipinski definition) is 1. The summed E-state index contributed by atoms with van der Waals surface area (Å²) in [6.45, 7) is 3.52. The maximum absolute atomic E-state index is 13.9. The van der Waals surface area contributed by atoms with Crippen LogP contribution in [0.15, 0.2) is 114 Å². The summed E-state index contributed by atoms with van der Waals surface area (Å²) in [5.74, 6) is -0.302. The van der Waals surface area contributed by atoms with Gasteiger partial charge >= 0.3 is 0 Å². The van der Waals surface area contributed by atoms with Crippen LogP contribution in [0.2, 0.25) is 0 Å². The zero-order valence-corrected chi connectivity index (χ0v) is 26.7. The number of nitrogens with zero attached hydrogens (tertiary/aromatic N) is 2. The number of sulfonamides is 1. The third kappa shape index (κ3) is 8.81. The van der Waals surface area contributed by atoms with Gasteiger partial charge in [-0.3, -0.25) is 9.59 Å². The smallest absolute Gasteiger partial charge is 0.261 e. The molecule has 1 saturated heterocycles. The predicted molar refractivity (Wildman–Crippen MR) is 175 cm³/mol. The zero-order chi connectivity index (χ0) is 32.4. The molecule has 0 spiro atoms. The topological polar surface area (TPSA) is 105 Å². The summed E-state index contributed by atoms with van der Waals surface area (Å²) in [5.41, 5.74) is 3.88. The highest BCUT2D eigenvalue weighted by Crippen LogP contribution is 2.21. The van der Waals surface area contributed by atoms with Crippen molar-refractivity contribution in [1.82, 2.24) is 14.5 Å².